The Morgan fingerprint density at radius 1 is 1.26 bits per heavy atom. The summed E-state index contributed by atoms with van der Waals surface area (Å²) in [5, 5.41) is 9.19. The lowest BCUT2D eigenvalue weighted by molar-refractivity contribution is -0.158. The highest BCUT2D eigenvalue weighted by molar-refractivity contribution is 7.89. The smallest absolute Gasteiger partial charge is 0.324 e. The molecule has 0 aliphatic carbocycles. The largest absolute Gasteiger partial charge is 0.481 e. The van der Waals surface area contributed by atoms with Crippen molar-refractivity contribution in [1.82, 2.24) is 4.31 Å². The van der Waals surface area contributed by atoms with Crippen LogP contribution in [0.3, 0.4) is 0 Å². The normalized spacial score (nSPS) is 19.6. The highest BCUT2D eigenvalue weighted by Gasteiger charge is 2.41. The van der Waals surface area contributed by atoms with Crippen LogP contribution < -0.4 is 0 Å². The molecule has 27 heavy (non-hydrogen) atoms. The van der Waals surface area contributed by atoms with E-state index in [9.17, 15) is 23.1 Å². The van der Waals surface area contributed by atoms with E-state index in [1.54, 1.807) is 51.1 Å². The summed E-state index contributed by atoms with van der Waals surface area (Å²) in [4.78, 5) is 23.7. The summed E-state index contributed by atoms with van der Waals surface area (Å²) < 4.78 is 32.5. The van der Waals surface area contributed by atoms with Gasteiger partial charge in [0.2, 0.25) is 10.0 Å². The fourth-order valence-electron chi connectivity index (χ4n) is 3.24. The van der Waals surface area contributed by atoms with Crippen LogP contribution in [0.1, 0.15) is 51.5 Å². The third-order valence-corrected chi connectivity index (χ3v) is 6.32. The highest BCUT2D eigenvalue weighted by atomic mass is 32.2. The van der Waals surface area contributed by atoms with Gasteiger partial charge in [0.05, 0.1) is 12.2 Å². The quantitative estimate of drug-likeness (QED) is 0.709. The monoisotopic (exact) mass is 397 g/mol. The van der Waals surface area contributed by atoms with Crippen molar-refractivity contribution in [3.05, 3.63) is 35.9 Å². The number of sulfonamides is 1. The molecule has 1 aliphatic rings. The zero-order chi connectivity index (χ0) is 20.2. The summed E-state index contributed by atoms with van der Waals surface area (Å²) in [6.45, 7) is 5.44. The predicted molar refractivity (Wildman–Crippen MR) is 101 cm³/mol. The minimum atomic E-state index is -3.83. The number of carbonyl (C=O) groups is 2. The van der Waals surface area contributed by atoms with Crippen LogP contribution >= 0.6 is 0 Å². The molecule has 1 aromatic carbocycles. The summed E-state index contributed by atoms with van der Waals surface area (Å²) in [5.41, 5.74) is -0.0539. The molecule has 1 N–H and O–H groups in total. The number of aliphatic carboxylic acids is 1. The van der Waals surface area contributed by atoms with Gasteiger partial charge in [-0.3, -0.25) is 9.59 Å². The molecule has 1 fully saturated rings. The number of carboxylic acid groups (broad SMARTS) is 1. The van der Waals surface area contributed by atoms with Crippen molar-refractivity contribution in [2.75, 3.05) is 12.3 Å². The Labute approximate surface area is 160 Å². The highest BCUT2D eigenvalue weighted by Crippen LogP contribution is 2.29. The predicted octanol–water partition coefficient (Wildman–Crippen LogP) is 2.38. The minimum absolute atomic E-state index is 0.237. The molecule has 0 amide bonds. The molecular formula is C19H27NO6S. The zero-order valence-corrected chi connectivity index (χ0v) is 16.7. The van der Waals surface area contributed by atoms with Crippen LogP contribution in [0.4, 0.5) is 0 Å². The number of hydrogen-bond acceptors (Lipinski definition) is 5. The Hall–Kier alpha value is -1.93. The van der Waals surface area contributed by atoms with E-state index in [4.69, 9.17) is 4.74 Å². The number of hydrogen-bond donors (Lipinski definition) is 1. The molecule has 2 atom stereocenters. The Morgan fingerprint density at radius 3 is 2.44 bits per heavy atom. The number of nitrogens with zero attached hydrogens (tertiary/aromatic N) is 1. The Morgan fingerprint density at radius 2 is 1.89 bits per heavy atom. The first kappa shape index (κ1) is 21.4. The summed E-state index contributed by atoms with van der Waals surface area (Å²) in [6.07, 6.45) is 0.676. The molecule has 2 rings (SSSR count). The van der Waals surface area contributed by atoms with Crippen molar-refractivity contribution in [1.29, 1.82) is 0 Å². The van der Waals surface area contributed by atoms with Gasteiger partial charge in [0, 0.05) is 12.5 Å². The molecule has 1 aliphatic heterocycles. The number of carbonyl (C=O) groups excluding carboxylic acids is 1. The van der Waals surface area contributed by atoms with E-state index in [2.05, 4.69) is 0 Å². The van der Waals surface area contributed by atoms with Crippen LogP contribution in [0.25, 0.3) is 0 Å². The maximum Gasteiger partial charge on any atom is 0.324 e. The van der Waals surface area contributed by atoms with E-state index >= 15 is 0 Å². The fraction of sp³-hybridized carbons (Fsp3) is 0.579. The molecule has 1 saturated heterocycles. The van der Waals surface area contributed by atoms with Crippen LogP contribution in [-0.4, -0.2) is 53.7 Å². The molecule has 0 spiro atoms. The van der Waals surface area contributed by atoms with Crippen molar-refractivity contribution in [3.63, 3.8) is 0 Å². The molecule has 0 radical (unpaired) electrons. The van der Waals surface area contributed by atoms with Crippen molar-refractivity contribution < 1.29 is 27.9 Å². The van der Waals surface area contributed by atoms with Crippen molar-refractivity contribution >= 4 is 22.0 Å². The molecule has 150 valence electrons. The summed E-state index contributed by atoms with van der Waals surface area (Å²) in [7, 11) is -3.83. The van der Waals surface area contributed by atoms with Crippen LogP contribution in [0.15, 0.2) is 30.3 Å². The first-order valence-corrected chi connectivity index (χ1v) is 10.6. The van der Waals surface area contributed by atoms with E-state index in [1.165, 1.54) is 4.31 Å². The first-order chi connectivity index (χ1) is 12.5. The van der Waals surface area contributed by atoms with E-state index in [-0.39, 0.29) is 18.7 Å². The average molecular weight is 397 g/mol. The number of esters is 1. The Balaban J connectivity index is 2.21. The molecule has 0 saturated carbocycles. The molecular weight excluding hydrogens is 370 g/mol. The first-order valence-electron chi connectivity index (χ1n) is 8.99. The molecule has 8 heteroatoms. The van der Waals surface area contributed by atoms with E-state index in [0.29, 0.717) is 18.4 Å². The van der Waals surface area contributed by atoms with Gasteiger partial charge in [-0.2, -0.15) is 4.31 Å². The molecule has 0 aromatic heterocycles. The lowest BCUT2D eigenvalue weighted by Crippen LogP contribution is -2.45. The topological polar surface area (TPSA) is 101 Å². The Bertz CT molecular complexity index is 769. The number of benzene rings is 1. The molecule has 7 nitrogen and oxygen atoms in total. The van der Waals surface area contributed by atoms with Gasteiger partial charge >= 0.3 is 11.9 Å². The molecule has 1 aromatic rings. The van der Waals surface area contributed by atoms with Gasteiger partial charge in [-0.1, -0.05) is 30.3 Å². The lowest BCUT2D eigenvalue weighted by atomic mass is 9.98. The van der Waals surface area contributed by atoms with Gasteiger partial charge < -0.3 is 9.84 Å². The second kappa shape index (κ2) is 8.39. The molecule has 1 heterocycles. The third kappa shape index (κ3) is 6.04. The second-order valence-corrected chi connectivity index (χ2v) is 9.75. The maximum atomic E-state index is 13.0. The average Bonchev–Trinajstić information content (AvgIpc) is 3.03. The van der Waals surface area contributed by atoms with Crippen molar-refractivity contribution in [2.24, 2.45) is 0 Å². The van der Waals surface area contributed by atoms with E-state index in [1.807, 2.05) is 0 Å². The number of rotatable bonds is 7. The van der Waals surface area contributed by atoms with Gasteiger partial charge in [0.25, 0.3) is 0 Å². The van der Waals surface area contributed by atoms with Gasteiger partial charge in [0.1, 0.15) is 11.6 Å². The molecule has 2 unspecified atom stereocenters. The van der Waals surface area contributed by atoms with Gasteiger partial charge in [-0.25, -0.2) is 8.42 Å². The van der Waals surface area contributed by atoms with Crippen LogP contribution in [0, 0.1) is 0 Å². The maximum absolute atomic E-state index is 13.0. The van der Waals surface area contributed by atoms with Crippen LogP contribution in [0.2, 0.25) is 0 Å². The van der Waals surface area contributed by atoms with Crippen molar-refractivity contribution in [3.8, 4) is 0 Å². The Kier molecular flexibility index (Phi) is 6.64. The second-order valence-electron chi connectivity index (χ2n) is 7.79. The van der Waals surface area contributed by atoms with Gasteiger partial charge in [-0.05, 0) is 39.2 Å². The third-order valence-electron chi connectivity index (χ3n) is 4.34. The zero-order valence-electron chi connectivity index (χ0n) is 15.9. The summed E-state index contributed by atoms with van der Waals surface area (Å²) >= 11 is 0. The lowest BCUT2D eigenvalue weighted by Gasteiger charge is -2.28. The van der Waals surface area contributed by atoms with Gasteiger partial charge in [0.15, 0.2) is 0 Å². The standard InChI is InChI=1S/C19H27NO6S/c1-19(2,3)26-18(23)16-10-7-11-20(16)27(24,25)13-15(12-17(21)22)14-8-5-4-6-9-14/h4-6,8-9,15-16H,7,10-13H2,1-3H3,(H,21,22). The van der Waals surface area contributed by atoms with Crippen LogP contribution in [-0.2, 0) is 24.3 Å². The van der Waals surface area contributed by atoms with E-state index < -0.39 is 39.5 Å². The van der Waals surface area contributed by atoms with Crippen molar-refractivity contribution in [2.45, 2.75) is 57.6 Å². The fourth-order valence-corrected chi connectivity index (χ4v) is 5.23. The minimum Gasteiger partial charge on any atom is -0.481 e. The number of carboxylic acids is 1. The number of ether oxygens (including phenoxy) is 1. The SMILES string of the molecule is CC(C)(C)OC(=O)C1CCCN1S(=O)(=O)CC(CC(=O)O)c1ccccc1. The summed E-state index contributed by atoms with van der Waals surface area (Å²) in [6, 6.07) is 7.87. The summed E-state index contributed by atoms with van der Waals surface area (Å²) in [5.74, 6) is -2.67. The van der Waals surface area contributed by atoms with Crippen LogP contribution in [0.5, 0.6) is 0 Å². The molecule has 0 bridgehead atoms. The van der Waals surface area contributed by atoms with E-state index in [0.717, 1.165) is 0 Å². The van der Waals surface area contributed by atoms with Gasteiger partial charge in [-0.15, -0.1) is 0 Å².